The average Bonchev–Trinajstić information content (AvgIpc) is 3.17. The molecule has 0 saturated heterocycles. The van der Waals surface area contributed by atoms with E-state index < -0.39 is 12.1 Å². The summed E-state index contributed by atoms with van der Waals surface area (Å²) in [6.45, 7) is 0. The molecule has 7 heteroatoms. The second-order valence-corrected chi connectivity index (χ2v) is 5.60. The van der Waals surface area contributed by atoms with E-state index in [9.17, 15) is 9.59 Å². The number of rotatable bonds is 3. The maximum atomic E-state index is 12.4. The number of carbonyl (C=O) groups excluding carboxylic acids is 2. The molecule has 1 atom stereocenters. The summed E-state index contributed by atoms with van der Waals surface area (Å²) in [4.78, 5) is 28.7. The Morgan fingerprint density at radius 1 is 1.20 bits per heavy atom. The highest BCUT2D eigenvalue weighted by Crippen LogP contribution is 2.21. The molecule has 0 unspecified atom stereocenters. The summed E-state index contributed by atoms with van der Waals surface area (Å²) < 4.78 is 6.86. The van der Waals surface area contributed by atoms with Crippen molar-refractivity contribution in [1.29, 1.82) is 0 Å². The number of carbonyl (C=O) groups is 2. The van der Waals surface area contributed by atoms with Gasteiger partial charge >= 0.3 is 5.97 Å². The fraction of sp³-hybridized carbons (Fsp3) is 0.111. The van der Waals surface area contributed by atoms with Gasteiger partial charge < -0.3 is 10.1 Å². The Morgan fingerprint density at radius 2 is 2.08 bits per heavy atom. The highest BCUT2D eigenvalue weighted by molar-refractivity contribution is 6.00. The molecule has 3 heterocycles. The van der Waals surface area contributed by atoms with E-state index >= 15 is 0 Å². The molecular formula is C18H14N4O3. The molecule has 0 saturated carbocycles. The number of aromatic nitrogens is 3. The summed E-state index contributed by atoms with van der Waals surface area (Å²) in [5.74, 6) is -0.216. The summed E-state index contributed by atoms with van der Waals surface area (Å²) in [5.41, 5.74) is 1.85. The van der Waals surface area contributed by atoms with Gasteiger partial charge in [0.1, 0.15) is 0 Å². The van der Waals surface area contributed by atoms with Gasteiger partial charge in [0.2, 0.25) is 0 Å². The molecule has 1 aliphatic heterocycles. The number of anilines is 1. The van der Waals surface area contributed by atoms with Crippen molar-refractivity contribution in [1.82, 2.24) is 14.8 Å². The molecule has 1 N–H and O–H groups in total. The van der Waals surface area contributed by atoms with Crippen LogP contribution in [0.4, 0.5) is 5.69 Å². The van der Waals surface area contributed by atoms with Gasteiger partial charge in [-0.2, -0.15) is 5.10 Å². The number of fused-ring (bicyclic) bond motifs is 1. The lowest BCUT2D eigenvalue weighted by Gasteiger charge is -2.23. The van der Waals surface area contributed by atoms with E-state index in [0.717, 1.165) is 5.56 Å². The maximum absolute atomic E-state index is 12.4. The number of hydrogen-bond acceptors (Lipinski definition) is 5. The van der Waals surface area contributed by atoms with Crippen LogP contribution in [0, 0.1) is 0 Å². The zero-order valence-corrected chi connectivity index (χ0v) is 13.1. The summed E-state index contributed by atoms with van der Waals surface area (Å²) in [7, 11) is 0. The number of nitrogens with one attached hydrogen (secondary N) is 1. The number of nitrogens with zero attached hydrogens (tertiary/aromatic N) is 3. The van der Waals surface area contributed by atoms with Crippen molar-refractivity contribution in [3.63, 3.8) is 0 Å². The number of amides is 1. The Morgan fingerprint density at radius 3 is 2.84 bits per heavy atom. The Bertz CT molecular complexity index is 920. The van der Waals surface area contributed by atoms with Gasteiger partial charge in [-0.3, -0.25) is 4.79 Å². The molecule has 4 rings (SSSR count). The summed E-state index contributed by atoms with van der Waals surface area (Å²) in [5, 5.41) is 6.82. The first-order valence-electron chi connectivity index (χ1n) is 7.76. The molecule has 1 amide bonds. The van der Waals surface area contributed by atoms with Gasteiger partial charge in [0, 0.05) is 18.8 Å². The van der Waals surface area contributed by atoms with Gasteiger partial charge in [-0.1, -0.05) is 18.2 Å². The van der Waals surface area contributed by atoms with Crippen LogP contribution in [0.25, 0.3) is 5.82 Å². The number of ether oxygens (including phenoxy) is 1. The van der Waals surface area contributed by atoms with Crippen LogP contribution < -0.4 is 5.32 Å². The Labute approximate surface area is 143 Å². The minimum absolute atomic E-state index is 0.354. The molecule has 1 aliphatic rings. The maximum Gasteiger partial charge on any atom is 0.339 e. The molecule has 124 valence electrons. The summed E-state index contributed by atoms with van der Waals surface area (Å²) in [6, 6.07) is 12.4. The van der Waals surface area contributed by atoms with Crippen LogP contribution in [0.3, 0.4) is 0 Å². The topological polar surface area (TPSA) is 86.1 Å². The van der Waals surface area contributed by atoms with Gasteiger partial charge in [0.05, 0.1) is 17.4 Å². The van der Waals surface area contributed by atoms with Crippen molar-refractivity contribution in [3.05, 3.63) is 72.2 Å². The predicted octanol–water partition coefficient (Wildman–Crippen LogP) is 1.99. The monoisotopic (exact) mass is 334 g/mol. The van der Waals surface area contributed by atoms with E-state index in [1.54, 1.807) is 47.4 Å². The first-order chi connectivity index (χ1) is 12.2. The van der Waals surface area contributed by atoms with Gasteiger partial charge in [0.25, 0.3) is 5.91 Å². The number of esters is 1. The van der Waals surface area contributed by atoms with Crippen LogP contribution >= 0.6 is 0 Å². The largest absolute Gasteiger partial charge is 0.448 e. The SMILES string of the molecule is O=C1O[C@@H](C(=O)Nc2ccc(-n3cccn3)nc2)Cc2ccccc21. The van der Waals surface area contributed by atoms with Crippen LogP contribution in [0.15, 0.2) is 61.1 Å². The Balaban J connectivity index is 1.47. The number of benzene rings is 1. The van der Waals surface area contributed by atoms with Crippen LogP contribution in [0.1, 0.15) is 15.9 Å². The predicted molar refractivity (Wildman–Crippen MR) is 89.3 cm³/mol. The molecule has 0 bridgehead atoms. The fourth-order valence-corrected chi connectivity index (χ4v) is 2.70. The van der Waals surface area contributed by atoms with Gasteiger partial charge in [-0.15, -0.1) is 0 Å². The summed E-state index contributed by atoms with van der Waals surface area (Å²) >= 11 is 0. The lowest BCUT2D eigenvalue weighted by Crippen LogP contribution is -2.38. The van der Waals surface area contributed by atoms with E-state index in [4.69, 9.17) is 4.74 Å². The van der Waals surface area contributed by atoms with Crippen molar-refractivity contribution in [2.24, 2.45) is 0 Å². The molecular weight excluding hydrogens is 320 g/mol. The first-order valence-corrected chi connectivity index (χ1v) is 7.76. The van der Waals surface area contributed by atoms with E-state index in [1.165, 1.54) is 6.20 Å². The van der Waals surface area contributed by atoms with Crippen molar-refractivity contribution >= 4 is 17.6 Å². The van der Waals surface area contributed by atoms with Crippen LogP contribution in [0.5, 0.6) is 0 Å². The number of hydrogen-bond donors (Lipinski definition) is 1. The molecule has 0 aliphatic carbocycles. The first kappa shape index (κ1) is 15.1. The third-order valence-corrected chi connectivity index (χ3v) is 3.94. The third-order valence-electron chi connectivity index (χ3n) is 3.94. The second-order valence-electron chi connectivity index (χ2n) is 5.60. The molecule has 1 aromatic carbocycles. The minimum Gasteiger partial charge on any atom is -0.448 e. The highest BCUT2D eigenvalue weighted by atomic mass is 16.5. The Hall–Kier alpha value is -3.48. The zero-order chi connectivity index (χ0) is 17.2. The third kappa shape index (κ3) is 2.99. The lowest BCUT2D eigenvalue weighted by atomic mass is 9.98. The standard InChI is InChI=1S/C18H14N4O3/c23-17(15-10-12-4-1-2-5-14(12)18(24)25-15)21-13-6-7-16(19-11-13)22-9-3-8-20-22/h1-9,11,15H,10H2,(H,21,23)/t15-/m1/s1. The van der Waals surface area contributed by atoms with E-state index in [-0.39, 0.29) is 5.91 Å². The van der Waals surface area contributed by atoms with Crippen molar-refractivity contribution in [2.75, 3.05) is 5.32 Å². The smallest absolute Gasteiger partial charge is 0.339 e. The van der Waals surface area contributed by atoms with Crippen molar-refractivity contribution in [3.8, 4) is 5.82 Å². The van der Waals surface area contributed by atoms with Gasteiger partial charge in [0.15, 0.2) is 11.9 Å². The van der Waals surface area contributed by atoms with E-state index in [0.29, 0.717) is 23.5 Å². The molecule has 0 radical (unpaired) electrons. The molecule has 0 fully saturated rings. The lowest BCUT2D eigenvalue weighted by molar-refractivity contribution is -0.125. The number of cyclic esters (lactones) is 1. The quantitative estimate of drug-likeness (QED) is 0.740. The Kier molecular flexibility index (Phi) is 3.74. The average molecular weight is 334 g/mol. The molecule has 25 heavy (non-hydrogen) atoms. The number of pyridine rings is 1. The van der Waals surface area contributed by atoms with Crippen molar-refractivity contribution in [2.45, 2.75) is 12.5 Å². The zero-order valence-electron chi connectivity index (χ0n) is 13.1. The highest BCUT2D eigenvalue weighted by Gasteiger charge is 2.31. The summed E-state index contributed by atoms with van der Waals surface area (Å²) in [6.07, 6.45) is 4.47. The van der Waals surface area contributed by atoms with Crippen LogP contribution in [0.2, 0.25) is 0 Å². The minimum atomic E-state index is -0.854. The molecule has 3 aromatic rings. The van der Waals surface area contributed by atoms with Crippen molar-refractivity contribution < 1.29 is 14.3 Å². The fourth-order valence-electron chi connectivity index (χ4n) is 2.70. The van der Waals surface area contributed by atoms with E-state index in [1.807, 2.05) is 12.1 Å². The molecule has 0 spiro atoms. The second kappa shape index (κ2) is 6.20. The molecule has 7 nitrogen and oxygen atoms in total. The van der Waals surface area contributed by atoms with Gasteiger partial charge in [-0.05, 0) is 29.8 Å². The molecule has 2 aromatic heterocycles. The van der Waals surface area contributed by atoms with Crippen LogP contribution in [-0.2, 0) is 16.0 Å². The van der Waals surface area contributed by atoms with E-state index in [2.05, 4.69) is 15.4 Å². The normalized spacial score (nSPS) is 16.0. The van der Waals surface area contributed by atoms with Gasteiger partial charge in [-0.25, -0.2) is 14.5 Å². The van der Waals surface area contributed by atoms with Crippen LogP contribution in [-0.4, -0.2) is 32.7 Å².